The minimum absolute atomic E-state index is 0.194. The van der Waals surface area contributed by atoms with Crippen molar-refractivity contribution in [2.45, 2.75) is 25.7 Å². The van der Waals surface area contributed by atoms with E-state index in [0.717, 1.165) is 44.6 Å². The van der Waals surface area contributed by atoms with Gasteiger partial charge in [0.05, 0.1) is 13.2 Å². The number of ether oxygens (including phenoxy) is 1. The Morgan fingerprint density at radius 1 is 1.03 bits per heavy atom. The molecule has 0 saturated carbocycles. The fourth-order valence-electron chi connectivity index (χ4n) is 4.81. The number of likely N-dealkylation sites (tertiary alicyclic amines) is 1. The largest absolute Gasteiger partial charge is 0.378 e. The third-order valence-electron chi connectivity index (χ3n) is 6.49. The van der Waals surface area contributed by atoms with Gasteiger partial charge in [0.1, 0.15) is 11.6 Å². The molecule has 8 heteroatoms. The fraction of sp³-hybridized carbons (Fsp3) is 0.500. The van der Waals surface area contributed by atoms with Crippen molar-refractivity contribution in [1.29, 1.82) is 0 Å². The Bertz CT molecular complexity index is 935. The van der Waals surface area contributed by atoms with Gasteiger partial charge in [-0.2, -0.15) is 0 Å². The number of carbonyl (C=O) groups excluding carboxylic acids is 1. The zero-order chi connectivity index (χ0) is 23.8. The normalized spacial score (nSPS) is 19.1. The Labute approximate surface area is 200 Å². The predicted molar refractivity (Wildman–Crippen MR) is 130 cm³/mol. The summed E-state index contributed by atoms with van der Waals surface area (Å²) in [6.45, 7) is 6.20. The number of carbonyl (C=O) groups is 1. The summed E-state index contributed by atoms with van der Waals surface area (Å²) in [5, 5.41) is 5.63. The summed E-state index contributed by atoms with van der Waals surface area (Å²) in [6.07, 6.45) is 4.16. The molecule has 2 amide bonds. The van der Waals surface area contributed by atoms with Crippen molar-refractivity contribution in [3.63, 3.8) is 0 Å². The second kappa shape index (κ2) is 12.1. The lowest BCUT2D eigenvalue weighted by molar-refractivity contribution is 0.122. The van der Waals surface area contributed by atoms with Crippen LogP contribution in [-0.4, -0.2) is 63.4 Å². The lowest BCUT2D eigenvalue weighted by Crippen LogP contribution is -2.38. The van der Waals surface area contributed by atoms with Gasteiger partial charge in [0.15, 0.2) is 0 Å². The third-order valence-corrected chi connectivity index (χ3v) is 6.49. The molecule has 2 aliphatic heterocycles. The maximum atomic E-state index is 14.1. The van der Waals surface area contributed by atoms with Crippen LogP contribution < -0.4 is 15.5 Å². The van der Waals surface area contributed by atoms with Gasteiger partial charge in [-0.3, -0.25) is 0 Å². The molecule has 2 heterocycles. The van der Waals surface area contributed by atoms with E-state index in [4.69, 9.17) is 4.74 Å². The van der Waals surface area contributed by atoms with Crippen LogP contribution in [0.1, 0.15) is 24.8 Å². The molecule has 4 rings (SSSR count). The molecule has 2 fully saturated rings. The summed E-state index contributed by atoms with van der Waals surface area (Å²) in [4.78, 5) is 16.8. The number of amides is 2. The minimum Gasteiger partial charge on any atom is -0.378 e. The zero-order valence-electron chi connectivity index (χ0n) is 19.6. The lowest BCUT2D eigenvalue weighted by atomic mass is 9.91. The van der Waals surface area contributed by atoms with Crippen molar-refractivity contribution in [1.82, 2.24) is 10.2 Å². The first-order chi connectivity index (χ1) is 16.5. The highest BCUT2D eigenvalue weighted by Gasteiger charge is 2.20. The smallest absolute Gasteiger partial charge is 0.319 e. The van der Waals surface area contributed by atoms with Gasteiger partial charge in [-0.05, 0) is 80.6 Å². The van der Waals surface area contributed by atoms with Gasteiger partial charge in [-0.1, -0.05) is 12.1 Å². The molecule has 0 radical (unpaired) electrons. The van der Waals surface area contributed by atoms with E-state index in [9.17, 15) is 13.6 Å². The van der Waals surface area contributed by atoms with Crippen molar-refractivity contribution in [2.24, 2.45) is 5.92 Å². The minimum atomic E-state index is -0.375. The molecule has 2 aromatic carbocycles. The van der Waals surface area contributed by atoms with Gasteiger partial charge in [-0.15, -0.1) is 0 Å². The van der Waals surface area contributed by atoms with Crippen LogP contribution in [0.3, 0.4) is 0 Å². The molecule has 0 unspecified atom stereocenters. The molecular formula is C26H34F2N4O2. The number of piperidine rings is 1. The first-order valence-electron chi connectivity index (χ1n) is 12.2. The molecule has 1 atom stereocenters. The van der Waals surface area contributed by atoms with Gasteiger partial charge >= 0.3 is 6.03 Å². The Balaban J connectivity index is 1.17. The van der Waals surface area contributed by atoms with Crippen LogP contribution in [0.4, 0.5) is 25.0 Å². The lowest BCUT2D eigenvalue weighted by Gasteiger charge is -2.32. The molecule has 2 aromatic rings. The fourth-order valence-corrected chi connectivity index (χ4v) is 4.81. The second-order valence-electron chi connectivity index (χ2n) is 9.17. The van der Waals surface area contributed by atoms with E-state index < -0.39 is 0 Å². The van der Waals surface area contributed by atoms with E-state index in [1.807, 2.05) is 12.1 Å². The van der Waals surface area contributed by atoms with E-state index >= 15 is 0 Å². The summed E-state index contributed by atoms with van der Waals surface area (Å²) < 4.78 is 32.6. The predicted octanol–water partition coefficient (Wildman–Crippen LogP) is 4.27. The van der Waals surface area contributed by atoms with E-state index in [1.165, 1.54) is 36.2 Å². The van der Waals surface area contributed by atoms with Crippen molar-refractivity contribution in [3.8, 4) is 0 Å². The van der Waals surface area contributed by atoms with E-state index in [1.54, 1.807) is 6.07 Å². The molecule has 0 aromatic heterocycles. The van der Waals surface area contributed by atoms with Crippen molar-refractivity contribution < 1.29 is 18.3 Å². The Morgan fingerprint density at radius 2 is 1.82 bits per heavy atom. The Morgan fingerprint density at radius 3 is 2.62 bits per heavy atom. The van der Waals surface area contributed by atoms with Gasteiger partial charge in [0, 0.05) is 37.6 Å². The molecule has 6 nitrogen and oxygen atoms in total. The van der Waals surface area contributed by atoms with E-state index in [0.29, 0.717) is 44.5 Å². The van der Waals surface area contributed by atoms with Crippen LogP contribution in [0.5, 0.6) is 0 Å². The molecular weight excluding hydrogens is 438 g/mol. The molecule has 2 aliphatic rings. The summed E-state index contributed by atoms with van der Waals surface area (Å²) in [7, 11) is 0. The van der Waals surface area contributed by atoms with Crippen LogP contribution in [0.25, 0.3) is 0 Å². The number of benzene rings is 2. The maximum absolute atomic E-state index is 14.1. The van der Waals surface area contributed by atoms with Crippen LogP contribution in [0, 0.1) is 17.6 Å². The van der Waals surface area contributed by atoms with Crippen LogP contribution in [0.2, 0.25) is 0 Å². The van der Waals surface area contributed by atoms with Crippen LogP contribution >= 0.6 is 0 Å². The standard InChI is InChI=1S/C26H34F2N4O2/c27-22-6-4-20(5-7-22)15-21-3-1-9-31(19-21)10-2-8-29-26(33)30-24-16-23(28)17-25(18-24)32-11-13-34-14-12-32/h4-7,16-18,21H,1-3,8-15,19H2,(H2,29,30,33)/t21-/m0/s1. The van der Waals surface area contributed by atoms with E-state index in [-0.39, 0.29) is 17.7 Å². The highest BCUT2D eigenvalue weighted by atomic mass is 19.1. The first kappa shape index (κ1) is 24.4. The number of rotatable bonds is 8. The number of nitrogens with zero attached hydrogens (tertiary/aromatic N) is 2. The topological polar surface area (TPSA) is 56.8 Å². The SMILES string of the molecule is O=C(NCCCN1CCC[C@@H](Cc2ccc(F)cc2)C1)Nc1cc(F)cc(N2CCOCC2)c1. The van der Waals surface area contributed by atoms with Gasteiger partial charge < -0.3 is 25.2 Å². The van der Waals surface area contributed by atoms with Crippen molar-refractivity contribution in [3.05, 3.63) is 59.7 Å². The summed E-state index contributed by atoms with van der Waals surface area (Å²) in [6, 6.07) is 11.1. The Hall–Kier alpha value is -2.71. The zero-order valence-corrected chi connectivity index (χ0v) is 19.6. The molecule has 34 heavy (non-hydrogen) atoms. The number of urea groups is 1. The molecule has 2 saturated heterocycles. The second-order valence-corrected chi connectivity index (χ2v) is 9.17. The average molecular weight is 473 g/mol. The summed E-state index contributed by atoms with van der Waals surface area (Å²) in [5.74, 6) is 0.00388. The highest BCUT2D eigenvalue weighted by molar-refractivity contribution is 5.89. The molecule has 2 N–H and O–H groups in total. The summed E-state index contributed by atoms with van der Waals surface area (Å²) in [5.41, 5.74) is 2.37. The number of halogens is 2. The quantitative estimate of drug-likeness (QED) is 0.564. The monoisotopic (exact) mass is 472 g/mol. The highest BCUT2D eigenvalue weighted by Crippen LogP contribution is 2.23. The summed E-state index contributed by atoms with van der Waals surface area (Å²) >= 11 is 0. The van der Waals surface area contributed by atoms with Crippen LogP contribution in [-0.2, 0) is 11.2 Å². The molecule has 184 valence electrons. The van der Waals surface area contributed by atoms with Crippen molar-refractivity contribution >= 4 is 17.4 Å². The van der Waals surface area contributed by atoms with Crippen LogP contribution in [0.15, 0.2) is 42.5 Å². The number of hydrogen-bond donors (Lipinski definition) is 2. The van der Waals surface area contributed by atoms with Gasteiger partial charge in [0.25, 0.3) is 0 Å². The van der Waals surface area contributed by atoms with Crippen molar-refractivity contribution in [2.75, 3.05) is 62.7 Å². The number of morpholine rings is 1. The number of hydrogen-bond acceptors (Lipinski definition) is 4. The van der Waals surface area contributed by atoms with Gasteiger partial charge in [-0.25, -0.2) is 13.6 Å². The maximum Gasteiger partial charge on any atom is 0.319 e. The molecule has 0 spiro atoms. The molecule has 0 bridgehead atoms. The van der Waals surface area contributed by atoms with Gasteiger partial charge in [0.2, 0.25) is 0 Å². The first-order valence-corrected chi connectivity index (χ1v) is 12.2. The number of nitrogens with one attached hydrogen (secondary N) is 2. The van der Waals surface area contributed by atoms with E-state index in [2.05, 4.69) is 20.4 Å². The molecule has 0 aliphatic carbocycles. The number of anilines is 2. The average Bonchev–Trinajstić information content (AvgIpc) is 2.84. The Kier molecular flexibility index (Phi) is 8.71. The third kappa shape index (κ3) is 7.40.